The number of amides is 2. The minimum absolute atomic E-state index is 0.0250. The Balaban J connectivity index is 2.23. The molecule has 0 saturated carbocycles. The van der Waals surface area contributed by atoms with Crippen LogP contribution in [-0.2, 0) is 30.3 Å². The molecule has 0 unspecified atom stereocenters. The second kappa shape index (κ2) is 14.3. The van der Waals surface area contributed by atoms with Crippen molar-refractivity contribution >= 4 is 51.0 Å². The molecule has 0 fully saturated rings. The number of carboxylic acids is 1. The summed E-state index contributed by atoms with van der Waals surface area (Å²) in [6.07, 6.45) is 0.683. The number of aromatic nitrogens is 1. The van der Waals surface area contributed by atoms with Crippen molar-refractivity contribution in [1.29, 1.82) is 0 Å². The number of hydrogen-bond donors (Lipinski definition) is 3. The largest absolute Gasteiger partial charge is 0.481 e. The van der Waals surface area contributed by atoms with Crippen molar-refractivity contribution in [2.24, 2.45) is 0 Å². The first-order valence-electron chi connectivity index (χ1n) is 13.4. The number of nitrogens with zero attached hydrogens (tertiary/aromatic N) is 1. The molecule has 0 saturated heterocycles. The fraction of sp³-hybridized carbons (Fsp3) is 0.556. The van der Waals surface area contributed by atoms with E-state index in [1.807, 2.05) is 30.5 Å². The standard InChI is InChI=1S/C27H43N3O7Si2/c1-38(2,3)17-15-36-26(34)23(12-14-25(32)33)30(29-27(35)37-16-18-39(4,5)6)24(31)13-11-20-19-28-22-10-8-7-9-21(20)22/h7-10,19,23,28H,11-18H2,1-6H3,(H,29,35)(H,32,33)/t23-/m0/s1. The predicted molar refractivity (Wildman–Crippen MR) is 156 cm³/mol. The molecule has 1 heterocycles. The maximum absolute atomic E-state index is 13.5. The molecule has 2 rings (SSSR count). The van der Waals surface area contributed by atoms with E-state index in [2.05, 4.69) is 49.7 Å². The van der Waals surface area contributed by atoms with Gasteiger partial charge in [0.15, 0.2) is 6.04 Å². The van der Waals surface area contributed by atoms with E-state index in [0.717, 1.165) is 27.5 Å². The summed E-state index contributed by atoms with van der Waals surface area (Å²) in [5.74, 6) is -2.42. The van der Waals surface area contributed by atoms with Crippen LogP contribution < -0.4 is 5.43 Å². The number of aromatic amines is 1. The van der Waals surface area contributed by atoms with Gasteiger partial charge in [-0.05, 0) is 36.6 Å². The minimum atomic E-state index is -1.51. The van der Waals surface area contributed by atoms with Crippen molar-refractivity contribution < 1.29 is 33.8 Å². The number of carboxylic acid groups (broad SMARTS) is 1. The van der Waals surface area contributed by atoms with Gasteiger partial charge in [-0.25, -0.2) is 20.0 Å². The fourth-order valence-electron chi connectivity index (χ4n) is 3.76. The summed E-state index contributed by atoms with van der Waals surface area (Å²) >= 11 is 0. The number of aliphatic carboxylic acids is 1. The number of H-pyrrole nitrogens is 1. The summed E-state index contributed by atoms with van der Waals surface area (Å²) in [6.45, 7) is 13.2. The first-order valence-corrected chi connectivity index (χ1v) is 20.8. The van der Waals surface area contributed by atoms with Gasteiger partial charge in [0.05, 0.1) is 13.2 Å². The molecule has 0 bridgehead atoms. The SMILES string of the molecule is C[Si](C)(C)CCOC(=O)NN(C(=O)CCc1c[nH]c2ccccc12)[C@@H](CCC(=O)O)C(=O)OCC[Si](C)(C)C. The Hall–Kier alpha value is -3.13. The van der Waals surface area contributed by atoms with Crippen LogP contribution in [0.15, 0.2) is 30.5 Å². The average Bonchev–Trinajstić information content (AvgIpc) is 3.23. The molecular weight excluding hydrogens is 534 g/mol. The highest BCUT2D eigenvalue weighted by atomic mass is 28.3. The number of carbonyl (C=O) groups excluding carboxylic acids is 3. The average molecular weight is 578 g/mol. The van der Waals surface area contributed by atoms with E-state index in [0.29, 0.717) is 12.5 Å². The van der Waals surface area contributed by atoms with Crippen LogP contribution in [0.25, 0.3) is 10.9 Å². The van der Waals surface area contributed by atoms with Crippen LogP contribution in [0.5, 0.6) is 0 Å². The third-order valence-corrected chi connectivity index (χ3v) is 9.57. The van der Waals surface area contributed by atoms with Crippen LogP contribution in [-0.4, -0.2) is 74.4 Å². The van der Waals surface area contributed by atoms with Gasteiger partial charge in [0.1, 0.15) is 0 Å². The Morgan fingerprint density at radius 2 is 1.56 bits per heavy atom. The number of hydrogen-bond acceptors (Lipinski definition) is 6. The van der Waals surface area contributed by atoms with Crippen LogP contribution in [0.1, 0.15) is 24.8 Å². The highest BCUT2D eigenvalue weighted by Crippen LogP contribution is 2.20. The number of ether oxygens (including phenoxy) is 2. The Morgan fingerprint density at radius 3 is 2.18 bits per heavy atom. The first kappa shape index (κ1) is 32.1. The zero-order valence-corrected chi connectivity index (χ0v) is 26.0. The molecule has 10 nitrogen and oxygen atoms in total. The molecule has 12 heteroatoms. The minimum Gasteiger partial charge on any atom is -0.481 e. The maximum atomic E-state index is 13.5. The van der Waals surface area contributed by atoms with Crippen molar-refractivity contribution in [1.82, 2.24) is 15.4 Å². The van der Waals surface area contributed by atoms with Crippen LogP contribution in [0.3, 0.4) is 0 Å². The summed E-state index contributed by atoms with van der Waals surface area (Å²) < 4.78 is 10.8. The van der Waals surface area contributed by atoms with Gasteiger partial charge in [-0.3, -0.25) is 9.59 Å². The van der Waals surface area contributed by atoms with Crippen molar-refractivity contribution in [3.8, 4) is 0 Å². The molecule has 39 heavy (non-hydrogen) atoms. The summed E-state index contributed by atoms with van der Waals surface area (Å²) in [5, 5.41) is 11.2. The number of benzene rings is 1. The molecule has 216 valence electrons. The molecule has 1 aromatic carbocycles. The lowest BCUT2D eigenvalue weighted by molar-refractivity contribution is -0.158. The molecule has 0 aliphatic carbocycles. The smallest absolute Gasteiger partial charge is 0.426 e. The van der Waals surface area contributed by atoms with E-state index in [1.54, 1.807) is 0 Å². The maximum Gasteiger partial charge on any atom is 0.426 e. The lowest BCUT2D eigenvalue weighted by atomic mass is 10.1. The topological polar surface area (TPSA) is 138 Å². The fourth-order valence-corrected chi connectivity index (χ4v) is 5.19. The molecule has 0 aliphatic heterocycles. The molecule has 0 aliphatic rings. The highest BCUT2D eigenvalue weighted by Gasteiger charge is 2.34. The van der Waals surface area contributed by atoms with Gasteiger partial charge in [0.25, 0.3) is 0 Å². The van der Waals surface area contributed by atoms with Crippen molar-refractivity contribution in [3.63, 3.8) is 0 Å². The Bertz CT molecular complexity index is 1140. The van der Waals surface area contributed by atoms with Gasteiger partial charge in [-0.1, -0.05) is 57.5 Å². The molecule has 2 aromatic rings. The van der Waals surface area contributed by atoms with Crippen molar-refractivity contribution in [2.45, 2.75) is 83.1 Å². The Labute approximate surface area is 232 Å². The van der Waals surface area contributed by atoms with Crippen LogP contribution >= 0.6 is 0 Å². The number of fused-ring (bicyclic) bond motifs is 1. The number of rotatable bonds is 14. The van der Waals surface area contributed by atoms with E-state index in [9.17, 15) is 24.3 Å². The number of carbonyl (C=O) groups is 4. The van der Waals surface area contributed by atoms with Gasteiger partial charge in [0, 0.05) is 46.1 Å². The molecule has 2 amide bonds. The third kappa shape index (κ3) is 11.7. The van der Waals surface area contributed by atoms with Gasteiger partial charge in [0.2, 0.25) is 5.91 Å². The quantitative estimate of drug-likeness (QED) is 0.163. The van der Waals surface area contributed by atoms with E-state index in [4.69, 9.17) is 9.47 Å². The van der Waals surface area contributed by atoms with E-state index >= 15 is 0 Å². The van der Waals surface area contributed by atoms with Gasteiger partial charge >= 0.3 is 18.0 Å². The van der Waals surface area contributed by atoms with Crippen molar-refractivity contribution in [2.75, 3.05) is 13.2 Å². The molecule has 3 N–H and O–H groups in total. The monoisotopic (exact) mass is 577 g/mol. The molecule has 0 spiro atoms. The van der Waals surface area contributed by atoms with Gasteiger partial charge in [-0.2, -0.15) is 0 Å². The number of esters is 1. The van der Waals surface area contributed by atoms with Gasteiger partial charge in [-0.15, -0.1) is 0 Å². The van der Waals surface area contributed by atoms with Gasteiger partial charge < -0.3 is 19.6 Å². The zero-order chi connectivity index (χ0) is 29.2. The first-order chi connectivity index (χ1) is 18.2. The normalized spacial score (nSPS) is 12.6. The highest BCUT2D eigenvalue weighted by molar-refractivity contribution is 6.76. The number of aryl methyl sites for hydroxylation is 1. The predicted octanol–water partition coefficient (Wildman–Crippen LogP) is 5.02. The lowest BCUT2D eigenvalue weighted by Gasteiger charge is -2.30. The Kier molecular flexibility index (Phi) is 11.8. The number of para-hydroxylation sites is 1. The lowest BCUT2D eigenvalue weighted by Crippen LogP contribution is -2.55. The third-order valence-electron chi connectivity index (χ3n) is 6.16. The van der Waals surface area contributed by atoms with Crippen LogP contribution in [0.4, 0.5) is 4.79 Å². The van der Waals surface area contributed by atoms with Crippen LogP contribution in [0, 0.1) is 0 Å². The number of hydrazine groups is 1. The summed E-state index contributed by atoms with van der Waals surface area (Å²) in [5.41, 5.74) is 4.28. The summed E-state index contributed by atoms with van der Waals surface area (Å²) in [4.78, 5) is 53.8. The van der Waals surface area contributed by atoms with E-state index < -0.39 is 46.1 Å². The van der Waals surface area contributed by atoms with E-state index in [1.165, 1.54) is 0 Å². The Morgan fingerprint density at radius 1 is 0.949 bits per heavy atom. The second-order valence-corrected chi connectivity index (χ2v) is 23.4. The van der Waals surface area contributed by atoms with Crippen LogP contribution in [0.2, 0.25) is 51.4 Å². The van der Waals surface area contributed by atoms with Crippen molar-refractivity contribution in [3.05, 3.63) is 36.0 Å². The molecule has 1 atom stereocenters. The second-order valence-electron chi connectivity index (χ2n) is 12.1. The van der Waals surface area contributed by atoms with E-state index in [-0.39, 0.29) is 32.5 Å². The molecular formula is C27H43N3O7Si2. The molecule has 1 aromatic heterocycles. The zero-order valence-electron chi connectivity index (χ0n) is 24.0. The summed E-state index contributed by atoms with van der Waals surface area (Å²) in [7, 11) is -2.98. The molecule has 0 radical (unpaired) electrons. The summed E-state index contributed by atoms with van der Waals surface area (Å²) in [6, 6.07) is 7.84. The number of nitrogens with one attached hydrogen (secondary N) is 2.